The third-order valence-corrected chi connectivity index (χ3v) is 8.38. The van der Waals surface area contributed by atoms with Crippen LogP contribution in [0.25, 0.3) is 0 Å². The Morgan fingerprint density at radius 1 is 0.569 bits per heavy atom. The summed E-state index contributed by atoms with van der Waals surface area (Å²) >= 11 is 0. The first-order valence-electron chi connectivity index (χ1n) is 16.7. The zero-order valence-electron chi connectivity index (χ0n) is 27.9. The highest BCUT2D eigenvalue weighted by Crippen LogP contribution is 2.32. The van der Waals surface area contributed by atoms with Gasteiger partial charge >= 0.3 is 5.97 Å². The van der Waals surface area contributed by atoms with Crippen LogP contribution in [-0.4, -0.2) is 48.2 Å². The molecule has 0 aliphatic carbocycles. The van der Waals surface area contributed by atoms with Gasteiger partial charge in [-0.15, -0.1) is 0 Å². The number of nitro groups is 1. The van der Waals surface area contributed by atoms with Crippen molar-refractivity contribution in [3.8, 4) is 0 Å². The lowest BCUT2D eigenvalue weighted by Gasteiger charge is -2.45. The van der Waals surface area contributed by atoms with Gasteiger partial charge in [-0.3, -0.25) is 10.1 Å². The number of esters is 1. The molecule has 262 valence electrons. The Bertz CT molecular complexity index is 1790. The number of nitro benzene ring substituents is 1. The summed E-state index contributed by atoms with van der Waals surface area (Å²) in [5.41, 5.74) is 3.74. The van der Waals surface area contributed by atoms with E-state index in [0.29, 0.717) is 6.61 Å². The van der Waals surface area contributed by atoms with E-state index in [9.17, 15) is 14.9 Å². The number of benzene rings is 5. The Balaban J connectivity index is 1.32. The van der Waals surface area contributed by atoms with Crippen LogP contribution in [0.1, 0.15) is 32.6 Å². The second kappa shape index (κ2) is 18.1. The van der Waals surface area contributed by atoms with E-state index in [0.717, 1.165) is 22.3 Å². The van der Waals surface area contributed by atoms with Crippen molar-refractivity contribution in [2.24, 2.45) is 0 Å². The largest absolute Gasteiger partial charge is 0.429 e. The van der Waals surface area contributed by atoms with Gasteiger partial charge in [0.15, 0.2) is 0 Å². The SMILES string of the molecule is O=C(O[C@H]1O[C@H](COCc2ccccc2)[C@@H](OCc2ccccc2)[C@H](OCc2ccccc2)[C@H]1OCc1ccccc1)c1ccc([N+](=O)[O-])cc1. The van der Waals surface area contributed by atoms with Crippen LogP contribution < -0.4 is 0 Å². The first-order valence-corrected chi connectivity index (χ1v) is 16.7. The number of carbonyl (C=O) groups is 1. The lowest BCUT2D eigenvalue weighted by atomic mass is 9.97. The van der Waals surface area contributed by atoms with Crippen LogP contribution in [0, 0.1) is 10.1 Å². The molecule has 6 rings (SSSR count). The second-order valence-electron chi connectivity index (χ2n) is 12.0. The minimum atomic E-state index is -1.25. The van der Waals surface area contributed by atoms with Gasteiger partial charge < -0.3 is 28.4 Å². The Hall–Kier alpha value is -5.23. The Morgan fingerprint density at radius 3 is 1.47 bits per heavy atom. The molecule has 0 radical (unpaired) electrons. The van der Waals surface area contributed by atoms with Crippen LogP contribution >= 0.6 is 0 Å². The monoisotopic (exact) mass is 689 g/mol. The fraction of sp³-hybridized carbons (Fsp3) is 0.244. The van der Waals surface area contributed by atoms with E-state index in [1.165, 1.54) is 24.3 Å². The van der Waals surface area contributed by atoms with Crippen LogP contribution in [0.2, 0.25) is 0 Å². The van der Waals surface area contributed by atoms with Crippen molar-refractivity contribution in [3.05, 3.63) is 184 Å². The first kappa shape index (κ1) is 35.6. The summed E-state index contributed by atoms with van der Waals surface area (Å²) in [4.78, 5) is 24.3. The molecule has 0 N–H and O–H groups in total. The molecule has 1 heterocycles. The minimum absolute atomic E-state index is 0.0938. The van der Waals surface area contributed by atoms with E-state index >= 15 is 0 Å². The topological polar surface area (TPSA) is 116 Å². The zero-order valence-corrected chi connectivity index (χ0v) is 27.9. The number of nitrogens with zero attached hydrogens (tertiary/aromatic N) is 1. The van der Waals surface area contributed by atoms with E-state index in [-0.39, 0.29) is 37.7 Å². The van der Waals surface area contributed by atoms with Crippen LogP contribution in [0.5, 0.6) is 0 Å². The van der Waals surface area contributed by atoms with Crippen molar-refractivity contribution in [1.29, 1.82) is 0 Å². The molecule has 0 spiro atoms. The maximum Gasteiger partial charge on any atom is 0.340 e. The van der Waals surface area contributed by atoms with Gasteiger partial charge in [-0.25, -0.2) is 4.79 Å². The standard InChI is InChI=1S/C41H39NO9/c43-40(34-21-23-35(24-22-34)42(44)45)51-41-39(49-28-33-19-11-4-12-20-33)38(48-27-32-17-9-3-10-18-32)37(47-26-31-15-7-2-8-16-31)36(50-41)29-46-25-30-13-5-1-6-14-30/h1-24,36-39,41H,25-29H2/t36-,37-,38+,39-,41-/m1/s1. The predicted molar refractivity (Wildman–Crippen MR) is 188 cm³/mol. The molecule has 5 aromatic rings. The van der Waals surface area contributed by atoms with Gasteiger partial charge in [0.25, 0.3) is 5.69 Å². The summed E-state index contributed by atoms with van der Waals surface area (Å²) in [6.45, 7) is 1.07. The molecule has 10 nitrogen and oxygen atoms in total. The lowest BCUT2D eigenvalue weighted by molar-refractivity contribution is -0.384. The molecule has 0 saturated carbocycles. The average Bonchev–Trinajstić information content (AvgIpc) is 3.18. The molecule has 5 atom stereocenters. The highest BCUT2D eigenvalue weighted by Gasteiger charge is 2.50. The van der Waals surface area contributed by atoms with Crippen LogP contribution in [0.4, 0.5) is 5.69 Å². The van der Waals surface area contributed by atoms with Crippen LogP contribution in [0.3, 0.4) is 0 Å². The predicted octanol–water partition coefficient (Wildman–Crippen LogP) is 7.45. The maximum atomic E-state index is 13.6. The van der Waals surface area contributed by atoms with Gasteiger partial charge in [0.1, 0.15) is 24.4 Å². The van der Waals surface area contributed by atoms with Crippen molar-refractivity contribution in [1.82, 2.24) is 0 Å². The number of hydrogen-bond acceptors (Lipinski definition) is 9. The second-order valence-corrected chi connectivity index (χ2v) is 12.0. The van der Waals surface area contributed by atoms with E-state index in [4.69, 9.17) is 28.4 Å². The summed E-state index contributed by atoms with van der Waals surface area (Å²) < 4.78 is 38.6. The number of carbonyl (C=O) groups excluding carboxylic acids is 1. The van der Waals surface area contributed by atoms with E-state index in [1.807, 2.05) is 121 Å². The third kappa shape index (κ3) is 10.2. The van der Waals surface area contributed by atoms with Crippen molar-refractivity contribution in [2.75, 3.05) is 6.61 Å². The molecule has 1 aliphatic heterocycles. The lowest BCUT2D eigenvalue weighted by Crippen LogP contribution is -2.62. The molecular formula is C41H39NO9. The van der Waals surface area contributed by atoms with Crippen molar-refractivity contribution >= 4 is 11.7 Å². The maximum absolute atomic E-state index is 13.6. The van der Waals surface area contributed by atoms with Gasteiger partial charge in [0, 0.05) is 12.1 Å². The summed E-state index contributed by atoms with van der Waals surface area (Å²) in [6, 6.07) is 44.1. The minimum Gasteiger partial charge on any atom is -0.429 e. The van der Waals surface area contributed by atoms with Gasteiger partial charge in [-0.1, -0.05) is 121 Å². The quantitative estimate of drug-likeness (QED) is 0.0592. The van der Waals surface area contributed by atoms with Crippen molar-refractivity contribution < 1.29 is 38.1 Å². The molecule has 0 aromatic heterocycles. The fourth-order valence-electron chi connectivity index (χ4n) is 5.73. The molecule has 51 heavy (non-hydrogen) atoms. The van der Waals surface area contributed by atoms with Crippen LogP contribution in [0.15, 0.2) is 146 Å². The molecule has 5 aromatic carbocycles. The Morgan fingerprint density at radius 2 is 1.00 bits per heavy atom. The molecule has 0 bridgehead atoms. The average molecular weight is 690 g/mol. The van der Waals surface area contributed by atoms with Gasteiger partial charge in [0.2, 0.25) is 6.29 Å². The Kier molecular flexibility index (Phi) is 12.7. The molecule has 1 saturated heterocycles. The molecule has 10 heteroatoms. The summed E-state index contributed by atoms with van der Waals surface area (Å²) in [5, 5.41) is 11.2. The van der Waals surface area contributed by atoms with Crippen LogP contribution in [-0.2, 0) is 54.8 Å². The molecule has 0 unspecified atom stereocenters. The smallest absolute Gasteiger partial charge is 0.340 e. The first-order chi connectivity index (χ1) is 25.0. The van der Waals surface area contributed by atoms with E-state index in [1.54, 1.807) is 0 Å². The normalized spacial score (nSPS) is 20.0. The number of rotatable bonds is 16. The summed E-state index contributed by atoms with van der Waals surface area (Å²) in [7, 11) is 0. The number of hydrogen-bond donors (Lipinski definition) is 0. The number of non-ortho nitro benzene ring substituents is 1. The summed E-state index contributed by atoms with van der Waals surface area (Å²) in [5.74, 6) is -0.738. The van der Waals surface area contributed by atoms with Crippen molar-refractivity contribution in [2.45, 2.75) is 57.1 Å². The van der Waals surface area contributed by atoms with Gasteiger partial charge in [0.05, 0.1) is 43.5 Å². The number of ether oxygens (including phenoxy) is 6. The van der Waals surface area contributed by atoms with E-state index in [2.05, 4.69) is 0 Å². The van der Waals surface area contributed by atoms with Crippen molar-refractivity contribution in [3.63, 3.8) is 0 Å². The van der Waals surface area contributed by atoms with Gasteiger partial charge in [-0.05, 0) is 34.4 Å². The Labute approximate surface area is 296 Å². The third-order valence-electron chi connectivity index (χ3n) is 8.38. The molecule has 1 aliphatic rings. The zero-order chi connectivity index (χ0) is 35.3. The molecular weight excluding hydrogens is 650 g/mol. The van der Waals surface area contributed by atoms with Gasteiger partial charge in [-0.2, -0.15) is 0 Å². The van der Waals surface area contributed by atoms with E-state index < -0.39 is 41.6 Å². The fourth-order valence-corrected chi connectivity index (χ4v) is 5.73. The highest BCUT2D eigenvalue weighted by molar-refractivity contribution is 5.89. The highest BCUT2D eigenvalue weighted by atomic mass is 16.7. The molecule has 1 fully saturated rings. The molecule has 0 amide bonds. The summed E-state index contributed by atoms with van der Waals surface area (Å²) in [6.07, 6.45) is -4.43.